The molecular formula is C15H21N3O4. The van der Waals surface area contributed by atoms with Gasteiger partial charge in [-0.1, -0.05) is 6.07 Å². The number of urea groups is 1. The first-order valence-electron chi connectivity index (χ1n) is 6.90. The van der Waals surface area contributed by atoms with Crippen LogP contribution in [0.15, 0.2) is 24.3 Å². The van der Waals surface area contributed by atoms with Crippen molar-refractivity contribution in [3.63, 3.8) is 0 Å². The molecule has 7 nitrogen and oxygen atoms in total. The lowest BCUT2D eigenvalue weighted by atomic mass is 10.1. The standard InChI is InChI=1S/C15H21N3O4/c1-9(2)16-15(22)17-12-7-5-6-11(8-12)13(19)18(4)10(3)14(20)21/h5-10H,1-4H3,(H,20,21)(H2,16,17,22). The molecule has 3 N–H and O–H groups in total. The summed E-state index contributed by atoms with van der Waals surface area (Å²) < 4.78 is 0. The predicted octanol–water partition coefficient (Wildman–Crippen LogP) is 1.76. The molecule has 1 aromatic carbocycles. The number of hydrogen-bond donors (Lipinski definition) is 3. The van der Waals surface area contributed by atoms with Crippen LogP contribution in [-0.2, 0) is 4.79 Å². The summed E-state index contributed by atoms with van der Waals surface area (Å²) in [5.74, 6) is -1.51. The van der Waals surface area contributed by atoms with E-state index >= 15 is 0 Å². The number of hydrogen-bond acceptors (Lipinski definition) is 3. The molecule has 0 saturated carbocycles. The first-order valence-corrected chi connectivity index (χ1v) is 6.90. The average Bonchev–Trinajstić information content (AvgIpc) is 2.44. The minimum absolute atomic E-state index is 0.00707. The molecule has 22 heavy (non-hydrogen) atoms. The van der Waals surface area contributed by atoms with Gasteiger partial charge in [0.15, 0.2) is 0 Å². The highest BCUT2D eigenvalue weighted by Gasteiger charge is 2.22. The van der Waals surface area contributed by atoms with E-state index < -0.39 is 17.9 Å². The summed E-state index contributed by atoms with van der Waals surface area (Å²) in [7, 11) is 1.42. The third kappa shape index (κ3) is 4.76. The van der Waals surface area contributed by atoms with Crippen LogP contribution >= 0.6 is 0 Å². The topological polar surface area (TPSA) is 98.7 Å². The molecule has 0 aromatic heterocycles. The first-order chi connectivity index (χ1) is 10.2. The Morgan fingerprint density at radius 2 is 1.82 bits per heavy atom. The van der Waals surface area contributed by atoms with Gasteiger partial charge in [0.05, 0.1) is 0 Å². The number of rotatable bonds is 5. The minimum Gasteiger partial charge on any atom is -0.480 e. The van der Waals surface area contributed by atoms with Gasteiger partial charge >= 0.3 is 12.0 Å². The van der Waals surface area contributed by atoms with E-state index in [0.29, 0.717) is 11.3 Å². The lowest BCUT2D eigenvalue weighted by Crippen LogP contribution is -2.40. The highest BCUT2D eigenvalue weighted by Crippen LogP contribution is 2.13. The summed E-state index contributed by atoms with van der Waals surface area (Å²) in [5.41, 5.74) is 0.762. The number of benzene rings is 1. The third-order valence-electron chi connectivity index (χ3n) is 3.05. The van der Waals surface area contributed by atoms with Crippen molar-refractivity contribution in [2.45, 2.75) is 32.9 Å². The Kier molecular flexibility index (Phi) is 5.91. The molecule has 7 heteroatoms. The molecule has 120 valence electrons. The largest absolute Gasteiger partial charge is 0.480 e. The van der Waals surface area contributed by atoms with Crippen LogP contribution in [0, 0.1) is 0 Å². The Bertz CT molecular complexity index is 572. The van der Waals surface area contributed by atoms with E-state index in [9.17, 15) is 14.4 Å². The van der Waals surface area contributed by atoms with Crippen molar-refractivity contribution in [1.29, 1.82) is 0 Å². The van der Waals surface area contributed by atoms with Crippen molar-refractivity contribution in [3.05, 3.63) is 29.8 Å². The third-order valence-corrected chi connectivity index (χ3v) is 3.05. The van der Waals surface area contributed by atoms with Gasteiger partial charge in [0.2, 0.25) is 0 Å². The van der Waals surface area contributed by atoms with E-state index in [1.807, 2.05) is 13.8 Å². The van der Waals surface area contributed by atoms with Crippen LogP contribution in [0.4, 0.5) is 10.5 Å². The highest BCUT2D eigenvalue weighted by atomic mass is 16.4. The zero-order valence-electron chi connectivity index (χ0n) is 13.1. The molecule has 0 fully saturated rings. The van der Waals surface area contributed by atoms with Crippen molar-refractivity contribution in [2.75, 3.05) is 12.4 Å². The quantitative estimate of drug-likeness (QED) is 0.772. The lowest BCUT2D eigenvalue weighted by molar-refractivity contribution is -0.141. The molecule has 1 aromatic rings. The van der Waals surface area contributed by atoms with E-state index in [2.05, 4.69) is 10.6 Å². The Hall–Kier alpha value is -2.57. The monoisotopic (exact) mass is 307 g/mol. The van der Waals surface area contributed by atoms with Crippen LogP contribution in [0.2, 0.25) is 0 Å². The summed E-state index contributed by atoms with van der Waals surface area (Å²) in [6.07, 6.45) is 0. The maximum absolute atomic E-state index is 12.2. The number of carboxylic acid groups (broad SMARTS) is 1. The van der Waals surface area contributed by atoms with Gasteiger partial charge in [0.25, 0.3) is 5.91 Å². The number of carbonyl (C=O) groups excluding carboxylic acids is 2. The predicted molar refractivity (Wildman–Crippen MR) is 82.9 cm³/mol. The number of nitrogens with one attached hydrogen (secondary N) is 2. The molecule has 0 saturated heterocycles. The fourth-order valence-corrected chi connectivity index (χ4v) is 1.70. The van der Waals surface area contributed by atoms with Gasteiger partial charge in [-0.3, -0.25) is 4.79 Å². The van der Waals surface area contributed by atoms with Crippen LogP contribution in [-0.4, -0.2) is 47.0 Å². The van der Waals surface area contributed by atoms with Crippen molar-refractivity contribution in [3.8, 4) is 0 Å². The van der Waals surface area contributed by atoms with E-state index in [1.165, 1.54) is 20.0 Å². The smallest absolute Gasteiger partial charge is 0.326 e. The number of aliphatic carboxylic acids is 1. The van der Waals surface area contributed by atoms with E-state index in [4.69, 9.17) is 5.11 Å². The Morgan fingerprint density at radius 1 is 1.18 bits per heavy atom. The Labute approximate surface area is 129 Å². The Balaban J connectivity index is 2.85. The normalized spacial score (nSPS) is 11.7. The lowest BCUT2D eigenvalue weighted by Gasteiger charge is -2.21. The van der Waals surface area contributed by atoms with E-state index in [-0.39, 0.29) is 12.1 Å². The van der Waals surface area contributed by atoms with Crippen LogP contribution < -0.4 is 10.6 Å². The van der Waals surface area contributed by atoms with Gasteiger partial charge in [0.1, 0.15) is 6.04 Å². The van der Waals surface area contributed by atoms with Crippen LogP contribution in [0.1, 0.15) is 31.1 Å². The van der Waals surface area contributed by atoms with Crippen molar-refractivity contribution >= 4 is 23.6 Å². The Morgan fingerprint density at radius 3 is 2.36 bits per heavy atom. The van der Waals surface area contributed by atoms with Gasteiger partial charge in [0, 0.05) is 24.3 Å². The molecule has 1 rings (SSSR count). The molecule has 0 bridgehead atoms. The molecular weight excluding hydrogens is 286 g/mol. The second-order valence-corrected chi connectivity index (χ2v) is 5.26. The number of anilines is 1. The molecule has 0 aliphatic carbocycles. The molecule has 3 amide bonds. The summed E-state index contributed by atoms with van der Waals surface area (Å²) >= 11 is 0. The van der Waals surface area contributed by atoms with Gasteiger partial charge in [-0.2, -0.15) is 0 Å². The molecule has 0 radical (unpaired) electrons. The van der Waals surface area contributed by atoms with E-state index in [1.54, 1.807) is 18.2 Å². The second kappa shape index (κ2) is 7.44. The van der Waals surface area contributed by atoms with Gasteiger partial charge in [-0.25, -0.2) is 9.59 Å². The van der Waals surface area contributed by atoms with Gasteiger partial charge < -0.3 is 20.6 Å². The number of carbonyl (C=O) groups is 3. The highest BCUT2D eigenvalue weighted by molar-refractivity contribution is 5.98. The molecule has 0 heterocycles. The van der Waals surface area contributed by atoms with Crippen molar-refractivity contribution < 1.29 is 19.5 Å². The molecule has 0 aliphatic heterocycles. The van der Waals surface area contributed by atoms with Gasteiger partial charge in [-0.05, 0) is 39.0 Å². The number of nitrogens with zero attached hydrogens (tertiary/aromatic N) is 1. The fraction of sp³-hybridized carbons (Fsp3) is 0.400. The summed E-state index contributed by atoms with van der Waals surface area (Å²) in [4.78, 5) is 35.9. The van der Waals surface area contributed by atoms with Crippen LogP contribution in [0.3, 0.4) is 0 Å². The molecule has 1 unspecified atom stereocenters. The average molecular weight is 307 g/mol. The van der Waals surface area contributed by atoms with E-state index in [0.717, 1.165) is 4.90 Å². The SMILES string of the molecule is CC(C)NC(=O)Nc1cccc(C(=O)N(C)C(C)C(=O)O)c1. The minimum atomic E-state index is -1.08. The zero-order valence-corrected chi connectivity index (χ0v) is 13.1. The van der Waals surface area contributed by atoms with Gasteiger partial charge in [-0.15, -0.1) is 0 Å². The zero-order chi connectivity index (χ0) is 16.9. The number of amides is 3. The number of carboxylic acids is 1. The van der Waals surface area contributed by atoms with Crippen LogP contribution in [0.5, 0.6) is 0 Å². The maximum Gasteiger partial charge on any atom is 0.326 e. The summed E-state index contributed by atoms with van der Waals surface area (Å²) in [6, 6.07) is 5.04. The first kappa shape index (κ1) is 17.5. The summed E-state index contributed by atoms with van der Waals surface area (Å²) in [5, 5.41) is 14.2. The molecule has 0 aliphatic rings. The number of likely N-dealkylation sites (N-methyl/N-ethyl adjacent to an activating group) is 1. The summed E-state index contributed by atoms with van der Waals surface area (Å²) in [6.45, 7) is 5.10. The van der Waals surface area contributed by atoms with Crippen LogP contribution in [0.25, 0.3) is 0 Å². The van der Waals surface area contributed by atoms with Crippen molar-refractivity contribution in [1.82, 2.24) is 10.2 Å². The van der Waals surface area contributed by atoms with Crippen molar-refractivity contribution in [2.24, 2.45) is 0 Å². The second-order valence-electron chi connectivity index (χ2n) is 5.26. The fourth-order valence-electron chi connectivity index (χ4n) is 1.70. The molecule has 0 spiro atoms. The maximum atomic E-state index is 12.2. The molecule has 1 atom stereocenters.